The van der Waals surface area contributed by atoms with Crippen molar-refractivity contribution in [2.24, 2.45) is 0 Å². The molecular formula is C22H48FP. The zero-order valence-corrected chi connectivity index (χ0v) is 18.4. The summed E-state index contributed by atoms with van der Waals surface area (Å²) in [7, 11) is 0. The van der Waals surface area contributed by atoms with Gasteiger partial charge in [0, 0.05) is 0 Å². The van der Waals surface area contributed by atoms with Gasteiger partial charge < -0.3 is 0 Å². The normalized spacial score (nSPS) is 13.8. The number of hydrogen-bond donors (Lipinski definition) is 0. The van der Waals surface area contributed by atoms with Crippen LogP contribution in [0.1, 0.15) is 118 Å². The molecule has 0 radical (unpaired) electrons. The second-order valence-corrected chi connectivity index (χ2v) is 14.1. The van der Waals surface area contributed by atoms with Gasteiger partial charge >= 0.3 is 127 Å². The molecule has 0 unspecified atom stereocenters. The van der Waals surface area contributed by atoms with E-state index in [1.54, 1.807) is 0 Å². The van der Waals surface area contributed by atoms with E-state index in [1.165, 1.54) is 83.5 Å². The molecule has 0 aromatic rings. The summed E-state index contributed by atoms with van der Waals surface area (Å²) >= 11 is 0. The van der Waals surface area contributed by atoms with Crippen molar-refractivity contribution in [3.05, 3.63) is 0 Å². The predicted octanol–water partition coefficient (Wildman–Crippen LogP) is 8.97. The summed E-state index contributed by atoms with van der Waals surface area (Å²) in [4.78, 5) is 0. The van der Waals surface area contributed by atoms with E-state index < -0.39 is 6.91 Å². The van der Waals surface area contributed by atoms with Crippen LogP contribution in [0.4, 0.5) is 4.20 Å². The van der Waals surface area contributed by atoms with Crippen LogP contribution in [0, 0.1) is 0 Å². The van der Waals surface area contributed by atoms with Crippen molar-refractivity contribution in [1.29, 1.82) is 0 Å². The minimum atomic E-state index is -2.79. The van der Waals surface area contributed by atoms with Crippen molar-refractivity contribution in [3.8, 4) is 0 Å². The molecule has 2 heteroatoms. The Labute approximate surface area is 153 Å². The molecule has 0 N–H and O–H groups in total. The fourth-order valence-corrected chi connectivity index (χ4v) is 7.15. The molecule has 0 saturated heterocycles. The third-order valence-electron chi connectivity index (χ3n) is 6.44. The standard InChI is InChI=1S/C22H48FP/c1-5-9-10-11-12-13-14-15-16-17-18-19-20-21-22-24(23,6-2,7-3)8-4/h5-22H2,1-4H3. The molecule has 0 rings (SSSR count). The summed E-state index contributed by atoms with van der Waals surface area (Å²) in [5.74, 6) is 0. The Kier molecular flexibility index (Phi) is 14.7. The van der Waals surface area contributed by atoms with E-state index in [0.29, 0.717) is 0 Å². The van der Waals surface area contributed by atoms with Crippen molar-refractivity contribution >= 4 is 6.91 Å². The average molecular weight is 363 g/mol. The fraction of sp³-hybridized carbons (Fsp3) is 1.00. The van der Waals surface area contributed by atoms with Gasteiger partial charge in [0.15, 0.2) is 0 Å². The number of rotatable bonds is 18. The SMILES string of the molecule is CCCCCCCCCCCCCCCCP(F)(CC)(CC)CC. The van der Waals surface area contributed by atoms with Crippen LogP contribution in [-0.2, 0) is 0 Å². The summed E-state index contributed by atoms with van der Waals surface area (Å²) in [5, 5.41) is 0. The molecule has 0 aliphatic heterocycles. The summed E-state index contributed by atoms with van der Waals surface area (Å²) in [6, 6.07) is 0. The third kappa shape index (κ3) is 11.1. The monoisotopic (exact) mass is 362 g/mol. The first-order valence-corrected chi connectivity index (χ1v) is 14.1. The number of hydrogen-bond acceptors (Lipinski definition) is 0. The van der Waals surface area contributed by atoms with Gasteiger partial charge in [-0.15, -0.1) is 0 Å². The Morgan fingerprint density at radius 2 is 0.750 bits per heavy atom. The van der Waals surface area contributed by atoms with Gasteiger partial charge in [-0.05, 0) is 0 Å². The van der Waals surface area contributed by atoms with E-state index in [2.05, 4.69) is 27.7 Å². The maximum atomic E-state index is 15.3. The fourth-order valence-electron chi connectivity index (χ4n) is 3.85. The molecule has 0 aromatic carbocycles. The van der Waals surface area contributed by atoms with Crippen molar-refractivity contribution in [1.82, 2.24) is 0 Å². The molecule has 0 atom stereocenters. The first kappa shape index (κ1) is 24.4. The van der Waals surface area contributed by atoms with E-state index in [0.717, 1.165) is 31.1 Å². The van der Waals surface area contributed by atoms with Gasteiger partial charge in [-0.2, -0.15) is 0 Å². The van der Waals surface area contributed by atoms with E-state index >= 15 is 4.20 Å². The molecule has 0 aliphatic rings. The second-order valence-electron chi connectivity index (χ2n) is 8.09. The van der Waals surface area contributed by atoms with Crippen molar-refractivity contribution in [2.45, 2.75) is 118 Å². The molecule has 0 bridgehead atoms. The number of halogens is 1. The van der Waals surface area contributed by atoms with Crippen molar-refractivity contribution in [3.63, 3.8) is 0 Å². The quantitative estimate of drug-likeness (QED) is 0.168. The van der Waals surface area contributed by atoms with Gasteiger partial charge in [0.1, 0.15) is 0 Å². The van der Waals surface area contributed by atoms with Gasteiger partial charge in [0.2, 0.25) is 0 Å². The molecule has 0 saturated carbocycles. The Morgan fingerprint density at radius 3 is 1.04 bits per heavy atom. The van der Waals surface area contributed by atoms with Gasteiger partial charge in [-0.1, -0.05) is 26.2 Å². The summed E-state index contributed by atoms with van der Waals surface area (Å²) < 4.78 is 15.3. The molecule has 0 heterocycles. The maximum absolute atomic E-state index is 15.3. The van der Waals surface area contributed by atoms with E-state index in [-0.39, 0.29) is 0 Å². The zero-order chi connectivity index (χ0) is 18.2. The van der Waals surface area contributed by atoms with E-state index in [9.17, 15) is 0 Å². The molecular weight excluding hydrogens is 314 g/mol. The topological polar surface area (TPSA) is 0 Å². The van der Waals surface area contributed by atoms with Crippen LogP contribution in [0.2, 0.25) is 0 Å². The molecule has 0 aliphatic carbocycles. The summed E-state index contributed by atoms with van der Waals surface area (Å²) in [6.45, 7) is 5.72. The van der Waals surface area contributed by atoms with Crippen LogP contribution >= 0.6 is 6.91 Å². The van der Waals surface area contributed by atoms with E-state index in [4.69, 9.17) is 0 Å². The molecule has 0 nitrogen and oxygen atoms in total. The van der Waals surface area contributed by atoms with Gasteiger partial charge in [0.05, 0.1) is 0 Å². The molecule has 0 amide bonds. The van der Waals surface area contributed by atoms with Crippen LogP contribution in [0.25, 0.3) is 0 Å². The Bertz CT molecular complexity index is 262. The summed E-state index contributed by atoms with van der Waals surface area (Å²) in [5.41, 5.74) is 0. The van der Waals surface area contributed by atoms with Crippen LogP contribution in [0.5, 0.6) is 0 Å². The summed E-state index contributed by atoms with van der Waals surface area (Å²) in [6.07, 6.45) is 22.6. The van der Waals surface area contributed by atoms with Gasteiger partial charge in [-0.25, -0.2) is 0 Å². The second kappa shape index (κ2) is 14.5. The average Bonchev–Trinajstić information content (AvgIpc) is 2.62. The van der Waals surface area contributed by atoms with Gasteiger partial charge in [0.25, 0.3) is 0 Å². The Hall–Kier alpha value is 0.360. The van der Waals surface area contributed by atoms with Crippen molar-refractivity contribution in [2.75, 3.05) is 24.6 Å². The van der Waals surface area contributed by atoms with Crippen molar-refractivity contribution < 1.29 is 4.20 Å². The number of unbranched alkanes of at least 4 members (excludes halogenated alkanes) is 13. The Morgan fingerprint density at radius 1 is 0.458 bits per heavy atom. The molecule has 24 heavy (non-hydrogen) atoms. The third-order valence-corrected chi connectivity index (χ3v) is 12.6. The zero-order valence-electron chi connectivity index (χ0n) is 17.6. The van der Waals surface area contributed by atoms with Crippen LogP contribution in [-0.4, -0.2) is 24.6 Å². The molecule has 0 aromatic heterocycles. The van der Waals surface area contributed by atoms with E-state index in [1.807, 2.05) is 0 Å². The molecule has 148 valence electrons. The first-order chi connectivity index (χ1) is 11.5. The van der Waals surface area contributed by atoms with Crippen LogP contribution in [0.15, 0.2) is 0 Å². The first-order valence-electron chi connectivity index (χ1n) is 11.3. The predicted molar refractivity (Wildman–Crippen MR) is 115 cm³/mol. The van der Waals surface area contributed by atoms with Gasteiger partial charge in [-0.3, -0.25) is 0 Å². The van der Waals surface area contributed by atoms with Crippen LogP contribution in [0.3, 0.4) is 0 Å². The Balaban J connectivity index is 3.40. The molecule has 0 fully saturated rings. The molecule has 0 spiro atoms. The van der Waals surface area contributed by atoms with Crippen LogP contribution < -0.4 is 0 Å². The minimum absolute atomic E-state index is 0.803.